The predicted molar refractivity (Wildman–Crippen MR) is 112 cm³/mol. The van der Waals surface area contributed by atoms with Crippen LogP contribution in [0.25, 0.3) is 11.1 Å². The highest BCUT2D eigenvalue weighted by Crippen LogP contribution is 2.43. The molecule has 2 nitrogen and oxygen atoms in total. The van der Waals surface area contributed by atoms with E-state index in [0.717, 1.165) is 46.9 Å². The van der Waals surface area contributed by atoms with Gasteiger partial charge in [-0.05, 0) is 78.4 Å². The summed E-state index contributed by atoms with van der Waals surface area (Å²) in [4.78, 5) is 4.55. The molecule has 0 amide bonds. The lowest BCUT2D eigenvalue weighted by Crippen LogP contribution is -1.99. The van der Waals surface area contributed by atoms with Gasteiger partial charge in [-0.1, -0.05) is 41.4 Å². The Morgan fingerprint density at radius 3 is 2.41 bits per heavy atom. The summed E-state index contributed by atoms with van der Waals surface area (Å²) in [6, 6.07) is 19.6. The molecule has 0 unspecified atom stereocenters. The molecule has 1 aliphatic carbocycles. The zero-order chi connectivity index (χ0) is 18.6. The number of hydrogen-bond donors (Lipinski definition) is 0. The van der Waals surface area contributed by atoms with Crippen LogP contribution in [0.5, 0.6) is 5.75 Å². The second-order valence-electron chi connectivity index (χ2n) is 6.58. The van der Waals surface area contributed by atoms with Crippen LogP contribution >= 0.6 is 23.2 Å². The summed E-state index contributed by atoms with van der Waals surface area (Å²) in [7, 11) is 0. The summed E-state index contributed by atoms with van der Waals surface area (Å²) in [5, 5.41) is 1.44. The van der Waals surface area contributed by atoms with E-state index in [4.69, 9.17) is 27.9 Å². The summed E-state index contributed by atoms with van der Waals surface area (Å²) >= 11 is 12.3. The monoisotopic (exact) mass is 395 g/mol. The second-order valence-corrected chi connectivity index (χ2v) is 7.45. The van der Waals surface area contributed by atoms with Crippen LogP contribution in [0.1, 0.15) is 36.1 Å². The van der Waals surface area contributed by atoms with E-state index >= 15 is 0 Å². The van der Waals surface area contributed by atoms with Crippen molar-refractivity contribution < 1.29 is 4.74 Å². The maximum Gasteiger partial charge on any atom is 0.127 e. The highest BCUT2D eigenvalue weighted by atomic mass is 35.5. The van der Waals surface area contributed by atoms with E-state index in [1.54, 1.807) is 0 Å². The summed E-state index contributed by atoms with van der Waals surface area (Å²) < 4.78 is 6.16. The summed E-state index contributed by atoms with van der Waals surface area (Å²) in [5.41, 5.74) is 5.74. The van der Waals surface area contributed by atoms with E-state index in [9.17, 15) is 0 Å². The summed E-state index contributed by atoms with van der Waals surface area (Å²) in [6.45, 7) is 0.484. The molecule has 1 heterocycles. The molecule has 0 aliphatic heterocycles. The van der Waals surface area contributed by atoms with Gasteiger partial charge in [0.2, 0.25) is 0 Å². The van der Waals surface area contributed by atoms with Crippen molar-refractivity contribution >= 4 is 34.3 Å². The van der Waals surface area contributed by atoms with Gasteiger partial charge in [-0.25, -0.2) is 0 Å². The lowest BCUT2D eigenvalue weighted by atomic mass is 9.99. The van der Waals surface area contributed by atoms with E-state index in [1.165, 1.54) is 11.1 Å². The number of pyridine rings is 1. The standard InChI is InChI=1S/C23H19Cl2NO/c24-17-9-7-16(8-10-17)15-27-23-12-11-18(25)14-21(23)19-4-3-5-20(19)22-6-1-2-13-26-22/h1-2,6-14H,3-5,15H2. The smallest absolute Gasteiger partial charge is 0.127 e. The first kappa shape index (κ1) is 18.1. The number of hydrogen-bond acceptors (Lipinski definition) is 2. The van der Waals surface area contributed by atoms with Crippen LogP contribution in [0, 0.1) is 0 Å². The average Bonchev–Trinajstić information content (AvgIpc) is 3.18. The van der Waals surface area contributed by atoms with Crippen molar-refractivity contribution in [1.82, 2.24) is 4.98 Å². The molecule has 0 saturated heterocycles. The van der Waals surface area contributed by atoms with Gasteiger partial charge in [0.15, 0.2) is 0 Å². The Hall–Kier alpha value is -2.29. The first-order chi connectivity index (χ1) is 13.2. The molecule has 27 heavy (non-hydrogen) atoms. The van der Waals surface area contributed by atoms with Crippen molar-refractivity contribution in [3.8, 4) is 5.75 Å². The third-order valence-electron chi connectivity index (χ3n) is 4.77. The first-order valence-corrected chi connectivity index (χ1v) is 9.77. The molecule has 0 saturated carbocycles. The molecule has 1 aromatic heterocycles. The summed E-state index contributed by atoms with van der Waals surface area (Å²) in [6.07, 6.45) is 4.98. The van der Waals surface area contributed by atoms with Gasteiger partial charge < -0.3 is 4.74 Å². The molecule has 0 N–H and O–H groups in total. The van der Waals surface area contributed by atoms with Crippen molar-refractivity contribution in [2.24, 2.45) is 0 Å². The fraction of sp³-hybridized carbons (Fsp3) is 0.174. The predicted octanol–water partition coefficient (Wildman–Crippen LogP) is 7.06. The topological polar surface area (TPSA) is 22.1 Å². The van der Waals surface area contributed by atoms with Gasteiger partial charge in [-0.3, -0.25) is 4.98 Å². The molecule has 0 fully saturated rings. The van der Waals surface area contributed by atoms with Gasteiger partial charge >= 0.3 is 0 Å². The van der Waals surface area contributed by atoms with Gasteiger partial charge in [0.25, 0.3) is 0 Å². The molecular weight excluding hydrogens is 377 g/mol. The third-order valence-corrected chi connectivity index (χ3v) is 5.25. The molecular formula is C23H19Cl2NO. The van der Waals surface area contributed by atoms with Crippen molar-refractivity contribution in [2.75, 3.05) is 0 Å². The van der Waals surface area contributed by atoms with Gasteiger partial charge in [-0.15, -0.1) is 0 Å². The van der Waals surface area contributed by atoms with Crippen LogP contribution in [-0.4, -0.2) is 4.98 Å². The van der Waals surface area contributed by atoms with Crippen LogP contribution in [0.4, 0.5) is 0 Å². The molecule has 4 rings (SSSR count). The van der Waals surface area contributed by atoms with E-state index < -0.39 is 0 Å². The Bertz CT molecular complexity index is 965. The van der Waals surface area contributed by atoms with E-state index in [1.807, 2.05) is 60.8 Å². The van der Waals surface area contributed by atoms with Gasteiger partial charge in [-0.2, -0.15) is 0 Å². The Balaban J connectivity index is 1.68. The van der Waals surface area contributed by atoms with Gasteiger partial charge in [0, 0.05) is 21.8 Å². The van der Waals surface area contributed by atoms with Crippen LogP contribution < -0.4 is 4.74 Å². The molecule has 0 bridgehead atoms. The minimum Gasteiger partial charge on any atom is -0.488 e. The fourth-order valence-electron chi connectivity index (χ4n) is 3.47. The van der Waals surface area contributed by atoms with E-state index in [-0.39, 0.29) is 0 Å². The Morgan fingerprint density at radius 2 is 1.63 bits per heavy atom. The SMILES string of the molecule is Clc1ccc(COc2ccc(Cl)cc2C2=C(c3ccccn3)CCC2)cc1. The Labute approximate surface area is 169 Å². The molecule has 0 spiro atoms. The molecule has 2 aromatic carbocycles. The Morgan fingerprint density at radius 1 is 0.852 bits per heavy atom. The molecule has 0 radical (unpaired) electrons. The lowest BCUT2D eigenvalue weighted by Gasteiger charge is -2.15. The highest BCUT2D eigenvalue weighted by Gasteiger charge is 2.21. The quantitative estimate of drug-likeness (QED) is 0.460. The van der Waals surface area contributed by atoms with Gasteiger partial charge in [0.1, 0.15) is 12.4 Å². The van der Waals surface area contributed by atoms with Crippen LogP contribution in [0.15, 0.2) is 66.9 Å². The summed E-state index contributed by atoms with van der Waals surface area (Å²) in [5.74, 6) is 0.847. The number of aromatic nitrogens is 1. The van der Waals surface area contributed by atoms with Crippen LogP contribution in [0.3, 0.4) is 0 Å². The van der Waals surface area contributed by atoms with Crippen molar-refractivity contribution in [3.05, 3.63) is 93.7 Å². The minimum atomic E-state index is 0.484. The lowest BCUT2D eigenvalue weighted by molar-refractivity contribution is 0.305. The first-order valence-electron chi connectivity index (χ1n) is 9.01. The van der Waals surface area contributed by atoms with Crippen molar-refractivity contribution in [1.29, 1.82) is 0 Å². The third kappa shape index (κ3) is 4.18. The van der Waals surface area contributed by atoms with Crippen molar-refractivity contribution in [3.63, 3.8) is 0 Å². The number of ether oxygens (including phenoxy) is 1. The number of rotatable bonds is 5. The normalized spacial score (nSPS) is 13.9. The van der Waals surface area contributed by atoms with E-state index in [0.29, 0.717) is 11.6 Å². The zero-order valence-electron chi connectivity index (χ0n) is 14.8. The zero-order valence-corrected chi connectivity index (χ0v) is 16.3. The maximum absolute atomic E-state index is 6.32. The van der Waals surface area contributed by atoms with Crippen LogP contribution in [-0.2, 0) is 6.61 Å². The van der Waals surface area contributed by atoms with Gasteiger partial charge in [0.05, 0.1) is 5.69 Å². The highest BCUT2D eigenvalue weighted by molar-refractivity contribution is 6.31. The van der Waals surface area contributed by atoms with E-state index in [2.05, 4.69) is 11.1 Å². The number of allylic oxidation sites excluding steroid dienone is 2. The number of nitrogens with zero attached hydrogens (tertiary/aromatic N) is 1. The average molecular weight is 396 g/mol. The number of benzene rings is 2. The number of halogens is 2. The van der Waals surface area contributed by atoms with Crippen LogP contribution in [0.2, 0.25) is 10.0 Å². The molecule has 136 valence electrons. The maximum atomic E-state index is 6.32. The fourth-order valence-corrected chi connectivity index (χ4v) is 3.77. The minimum absolute atomic E-state index is 0.484. The molecule has 0 atom stereocenters. The second kappa shape index (κ2) is 8.16. The Kier molecular flexibility index (Phi) is 5.47. The molecule has 4 heteroatoms. The molecule has 3 aromatic rings. The molecule has 1 aliphatic rings. The van der Waals surface area contributed by atoms with Crippen molar-refractivity contribution in [2.45, 2.75) is 25.9 Å². The largest absolute Gasteiger partial charge is 0.488 e.